The van der Waals surface area contributed by atoms with Crippen molar-refractivity contribution in [3.63, 3.8) is 0 Å². The number of fused-ring (bicyclic) bond motifs is 1. The van der Waals surface area contributed by atoms with Crippen molar-refractivity contribution in [2.75, 3.05) is 31.2 Å². The van der Waals surface area contributed by atoms with Crippen LogP contribution in [0.1, 0.15) is 13.8 Å². The molecule has 2 aliphatic heterocycles. The molecular weight excluding hydrogens is 328 g/mol. The van der Waals surface area contributed by atoms with Crippen LogP contribution in [0.2, 0.25) is 0 Å². The van der Waals surface area contributed by atoms with E-state index in [0.717, 1.165) is 60.0 Å². The third kappa shape index (κ3) is 2.52. The predicted molar refractivity (Wildman–Crippen MR) is 101 cm³/mol. The maximum Gasteiger partial charge on any atom is 0.129 e. The maximum atomic E-state index is 5.84. The summed E-state index contributed by atoms with van der Waals surface area (Å²) < 4.78 is 11.2. The van der Waals surface area contributed by atoms with E-state index >= 15 is 0 Å². The zero-order valence-corrected chi connectivity index (χ0v) is 15.0. The third-order valence-corrected chi connectivity index (χ3v) is 5.12. The second-order valence-corrected chi connectivity index (χ2v) is 7.70. The molecule has 6 nitrogen and oxygen atoms in total. The SMILES string of the molecule is CC(C)Oc1ccc2[nH]nc(-c3ccnc(N4CC5(COC5)C4)c3)c2c1. The molecule has 2 aliphatic rings. The first kappa shape index (κ1) is 15.6. The Morgan fingerprint density at radius 1 is 1.19 bits per heavy atom. The van der Waals surface area contributed by atoms with E-state index in [0.29, 0.717) is 5.41 Å². The van der Waals surface area contributed by atoms with E-state index in [1.165, 1.54) is 0 Å². The first-order valence-corrected chi connectivity index (χ1v) is 9.06. The summed E-state index contributed by atoms with van der Waals surface area (Å²) in [5, 5.41) is 8.72. The van der Waals surface area contributed by atoms with Gasteiger partial charge in [-0.1, -0.05) is 0 Å². The number of hydrogen-bond acceptors (Lipinski definition) is 5. The van der Waals surface area contributed by atoms with E-state index in [1.54, 1.807) is 0 Å². The van der Waals surface area contributed by atoms with Crippen molar-refractivity contribution >= 4 is 16.7 Å². The van der Waals surface area contributed by atoms with Crippen LogP contribution in [0.15, 0.2) is 36.5 Å². The Hall–Kier alpha value is -2.60. The summed E-state index contributed by atoms with van der Waals surface area (Å²) in [5.74, 6) is 1.87. The van der Waals surface area contributed by atoms with Crippen LogP contribution in [0.5, 0.6) is 5.75 Å². The Labute approximate surface area is 152 Å². The van der Waals surface area contributed by atoms with Gasteiger partial charge in [0, 0.05) is 30.2 Å². The predicted octanol–water partition coefficient (Wildman–Crippen LogP) is 3.25. The molecule has 0 unspecified atom stereocenters. The molecule has 1 spiro atoms. The molecule has 5 rings (SSSR count). The van der Waals surface area contributed by atoms with Crippen LogP contribution in [0.4, 0.5) is 5.82 Å². The molecular formula is C20H22N4O2. The number of benzene rings is 1. The molecule has 1 aromatic carbocycles. The lowest BCUT2D eigenvalue weighted by Crippen LogP contribution is -2.66. The van der Waals surface area contributed by atoms with Crippen molar-refractivity contribution in [1.29, 1.82) is 0 Å². The van der Waals surface area contributed by atoms with Gasteiger partial charge < -0.3 is 14.4 Å². The highest BCUT2D eigenvalue weighted by molar-refractivity contribution is 5.94. The van der Waals surface area contributed by atoms with Gasteiger partial charge in [0.25, 0.3) is 0 Å². The Morgan fingerprint density at radius 2 is 2.04 bits per heavy atom. The van der Waals surface area contributed by atoms with Gasteiger partial charge in [-0.3, -0.25) is 5.10 Å². The normalized spacial score (nSPS) is 18.2. The van der Waals surface area contributed by atoms with Crippen molar-refractivity contribution in [3.8, 4) is 17.0 Å². The average molecular weight is 350 g/mol. The summed E-state index contributed by atoms with van der Waals surface area (Å²) in [7, 11) is 0. The van der Waals surface area contributed by atoms with Crippen molar-refractivity contribution in [1.82, 2.24) is 15.2 Å². The number of aromatic amines is 1. The highest BCUT2D eigenvalue weighted by atomic mass is 16.5. The van der Waals surface area contributed by atoms with Crippen LogP contribution < -0.4 is 9.64 Å². The van der Waals surface area contributed by atoms with E-state index in [1.807, 2.05) is 38.2 Å². The fourth-order valence-electron chi connectivity index (χ4n) is 3.80. The van der Waals surface area contributed by atoms with Crippen LogP contribution in [-0.4, -0.2) is 47.6 Å². The van der Waals surface area contributed by atoms with Gasteiger partial charge >= 0.3 is 0 Å². The topological polar surface area (TPSA) is 63.3 Å². The molecule has 0 amide bonds. The van der Waals surface area contributed by atoms with Gasteiger partial charge in [-0.2, -0.15) is 5.10 Å². The van der Waals surface area contributed by atoms with E-state index in [-0.39, 0.29) is 6.10 Å². The third-order valence-electron chi connectivity index (χ3n) is 5.12. The molecule has 2 fully saturated rings. The number of rotatable bonds is 4. The lowest BCUT2D eigenvalue weighted by atomic mass is 9.78. The molecule has 0 saturated carbocycles. The van der Waals surface area contributed by atoms with Crippen LogP contribution in [0.25, 0.3) is 22.2 Å². The van der Waals surface area contributed by atoms with Crippen molar-refractivity contribution < 1.29 is 9.47 Å². The highest BCUT2D eigenvalue weighted by Crippen LogP contribution is 2.40. The van der Waals surface area contributed by atoms with E-state index in [9.17, 15) is 0 Å². The molecule has 3 aromatic rings. The quantitative estimate of drug-likeness (QED) is 0.782. The van der Waals surface area contributed by atoms with E-state index in [2.05, 4.69) is 32.2 Å². The fraction of sp³-hybridized carbons (Fsp3) is 0.400. The first-order chi connectivity index (χ1) is 12.6. The summed E-state index contributed by atoms with van der Waals surface area (Å²) in [6.45, 7) is 7.87. The molecule has 2 aromatic heterocycles. The molecule has 0 aliphatic carbocycles. The van der Waals surface area contributed by atoms with Gasteiger partial charge in [0.05, 0.1) is 30.2 Å². The van der Waals surface area contributed by atoms with Crippen LogP contribution in [0, 0.1) is 5.41 Å². The van der Waals surface area contributed by atoms with Gasteiger partial charge in [0.1, 0.15) is 17.3 Å². The first-order valence-electron chi connectivity index (χ1n) is 9.06. The fourth-order valence-corrected chi connectivity index (χ4v) is 3.80. The Balaban J connectivity index is 1.46. The van der Waals surface area contributed by atoms with Crippen LogP contribution in [-0.2, 0) is 4.74 Å². The molecule has 0 radical (unpaired) electrons. The monoisotopic (exact) mass is 350 g/mol. The van der Waals surface area contributed by atoms with Gasteiger partial charge in [-0.15, -0.1) is 0 Å². The highest BCUT2D eigenvalue weighted by Gasteiger charge is 2.49. The lowest BCUT2D eigenvalue weighted by molar-refractivity contribution is -0.127. The standard InChI is InChI=1S/C20H22N4O2/c1-13(2)26-15-3-4-17-16(8-15)19(23-22-17)14-5-6-21-18(7-14)24-9-20(10-24)11-25-12-20/h3-8,13H,9-12H2,1-2H3,(H,22,23). The number of H-pyrrole nitrogens is 1. The molecule has 6 heteroatoms. The Morgan fingerprint density at radius 3 is 2.77 bits per heavy atom. The minimum Gasteiger partial charge on any atom is -0.491 e. The van der Waals surface area contributed by atoms with Gasteiger partial charge in [-0.05, 0) is 44.2 Å². The van der Waals surface area contributed by atoms with E-state index in [4.69, 9.17) is 9.47 Å². The molecule has 4 heterocycles. The van der Waals surface area contributed by atoms with Crippen molar-refractivity contribution in [2.24, 2.45) is 5.41 Å². The molecule has 134 valence electrons. The summed E-state index contributed by atoms with van der Waals surface area (Å²) >= 11 is 0. The van der Waals surface area contributed by atoms with Crippen molar-refractivity contribution in [3.05, 3.63) is 36.5 Å². The zero-order valence-electron chi connectivity index (χ0n) is 15.0. The molecule has 0 atom stereocenters. The summed E-state index contributed by atoms with van der Waals surface area (Å²) in [6.07, 6.45) is 2.01. The van der Waals surface area contributed by atoms with Crippen molar-refractivity contribution in [2.45, 2.75) is 20.0 Å². The Bertz CT molecular complexity index is 953. The Kier molecular flexibility index (Phi) is 3.43. The number of ether oxygens (including phenoxy) is 2. The largest absolute Gasteiger partial charge is 0.491 e. The summed E-state index contributed by atoms with van der Waals surface area (Å²) in [6, 6.07) is 10.2. The number of aromatic nitrogens is 3. The smallest absolute Gasteiger partial charge is 0.129 e. The lowest BCUT2D eigenvalue weighted by Gasteiger charge is -2.55. The minimum absolute atomic E-state index is 0.143. The number of anilines is 1. The second-order valence-electron chi connectivity index (χ2n) is 7.70. The van der Waals surface area contributed by atoms with Gasteiger partial charge in [0.15, 0.2) is 0 Å². The average Bonchev–Trinajstić information content (AvgIpc) is 2.95. The number of nitrogens with one attached hydrogen (secondary N) is 1. The minimum atomic E-state index is 0.143. The maximum absolute atomic E-state index is 5.84. The molecule has 0 bridgehead atoms. The van der Waals surface area contributed by atoms with Gasteiger partial charge in [0.2, 0.25) is 0 Å². The second kappa shape index (κ2) is 5.71. The number of pyridine rings is 1. The molecule has 26 heavy (non-hydrogen) atoms. The molecule has 1 N–H and O–H groups in total. The van der Waals surface area contributed by atoms with Crippen LogP contribution >= 0.6 is 0 Å². The number of hydrogen-bond donors (Lipinski definition) is 1. The molecule has 2 saturated heterocycles. The zero-order chi connectivity index (χ0) is 17.7. The van der Waals surface area contributed by atoms with Crippen LogP contribution in [0.3, 0.4) is 0 Å². The summed E-state index contributed by atoms with van der Waals surface area (Å²) in [4.78, 5) is 6.87. The van der Waals surface area contributed by atoms with Gasteiger partial charge in [-0.25, -0.2) is 4.98 Å². The summed E-state index contributed by atoms with van der Waals surface area (Å²) in [5.41, 5.74) is 3.37. The number of nitrogens with zero attached hydrogens (tertiary/aromatic N) is 3. The van der Waals surface area contributed by atoms with E-state index < -0.39 is 0 Å².